The Morgan fingerprint density at radius 2 is 1.50 bits per heavy atom. The third kappa shape index (κ3) is 2.53. The second kappa shape index (κ2) is 5.94. The zero-order valence-electron chi connectivity index (χ0n) is 12.7. The second-order valence-corrected chi connectivity index (χ2v) is 7.74. The van der Waals surface area contributed by atoms with Gasteiger partial charge in [-0.2, -0.15) is 0 Å². The van der Waals surface area contributed by atoms with Crippen LogP contribution in [0.15, 0.2) is 72.5 Å². The molecule has 0 N–H and O–H groups in total. The van der Waals surface area contributed by atoms with Gasteiger partial charge in [0.2, 0.25) is 0 Å². The van der Waals surface area contributed by atoms with Gasteiger partial charge in [0.15, 0.2) is 0 Å². The number of fused-ring (bicyclic) bond motifs is 2. The molecule has 2 aromatic carbocycles. The predicted octanol–water partition coefficient (Wildman–Crippen LogP) is 4.71. The van der Waals surface area contributed by atoms with E-state index in [0.29, 0.717) is 11.8 Å². The highest BCUT2D eigenvalue weighted by molar-refractivity contribution is 6.42. The summed E-state index contributed by atoms with van der Waals surface area (Å²) in [5.74, 6) is 1.15. The van der Waals surface area contributed by atoms with Crippen LogP contribution in [-0.4, -0.2) is 9.52 Å². The van der Waals surface area contributed by atoms with Crippen molar-refractivity contribution in [3.8, 4) is 0 Å². The number of benzene rings is 2. The number of allylic oxidation sites excluding steroid dienone is 3. The van der Waals surface area contributed by atoms with Crippen LogP contribution in [0.3, 0.4) is 0 Å². The molecule has 0 aliphatic heterocycles. The van der Waals surface area contributed by atoms with Crippen LogP contribution in [0.2, 0.25) is 6.04 Å². The zero-order chi connectivity index (χ0) is 14.8. The molecule has 108 valence electrons. The first kappa shape index (κ1) is 13.5. The molecule has 0 fully saturated rings. The molecule has 4 rings (SSSR count). The lowest BCUT2D eigenvalue weighted by molar-refractivity contribution is 0.981. The molecule has 22 heavy (non-hydrogen) atoms. The van der Waals surface area contributed by atoms with Gasteiger partial charge in [-0.1, -0.05) is 78.9 Å². The summed E-state index contributed by atoms with van der Waals surface area (Å²) in [4.78, 5) is 0. The summed E-state index contributed by atoms with van der Waals surface area (Å²) in [6, 6.07) is 18.9. The van der Waals surface area contributed by atoms with Crippen LogP contribution < -0.4 is 0 Å². The van der Waals surface area contributed by atoms with Crippen molar-refractivity contribution in [1.82, 2.24) is 0 Å². The average Bonchev–Trinajstić information content (AvgIpc) is 3.16. The lowest BCUT2D eigenvalue weighted by Gasteiger charge is -2.09. The smallest absolute Gasteiger partial charge is 0.0459 e. The standard InChI is InChI=1S/C21H20Si/c1-3-7-20-16(5-1)9-10-18(20)13-14-22-15-19-12-11-17-6-2-4-8-21(17)19/h1-14,18-19H,15,22H2. The van der Waals surface area contributed by atoms with Gasteiger partial charge in [-0.15, -0.1) is 5.70 Å². The van der Waals surface area contributed by atoms with E-state index in [1.807, 2.05) is 0 Å². The molecule has 2 aliphatic rings. The van der Waals surface area contributed by atoms with Crippen molar-refractivity contribution < 1.29 is 0 Å². The van der Waals surface area contributed by atoms with E-state index in [0.717, 1.165) is 0 Å². The maximum atomic E-state index is 2.49. The van der Waals surface area contributed by atoms with Crippen molar-refractivity contribution in [1.29, 1.82) is 0 Å². The topological polar surface area (TPSA) is 0 Å². The number of hydrogen-bond donors (Lipinski definition) is 0. The molecule has 1 heteroatoms. The van der Waals surface area contributed by atoms with E-state index in [-0.39, 0.29) is 9.52 Å². The van der Waals surface area contributed by atoms with Crippen molar-refractivity contribution in [3.63, 3.8) is 0 Å². The van der Waals surface area contributed by atoms with Crippen LogP contribution in [0.4, 0.5) is 0 Å². The minimum atomic E-state index is -0.157. The maximum Gasteiger partial charge on any atom is 0.0459 e. The van der Waals surface area contributed by atoms with Crippen molar-refractivity contribution in [2.75, 3.05) is 0 Å². The summed E-state index contributed by atoms with van der Waals surface area (Å²) >= 11 is 0. The van der Waals surface area contributed by atoms with Crippen LogP contribution in [0, 0.1) is 0 Å². The van der Waals surface area contributed by atoms with Crippen molar-refractivity contribution in [2.24, 2.45) is 0 Å². The van der Waals surface area contributed by atoms with Crippen LogP contribution in [0.25, 0.3) is 12.2 Å². The van der Waals surface area contributed by atoms with Gasteiger partial charge in [0.25, 0.3) is 0 Å². The van der Waals surface area contributed by atoms with E-state index >= 15 is 0 Å². The fourth-order valence-electron chi connectivity index (χ4n) is 3.54. The monoisotopic (exact) mass is 300 g/mol. The molecule has 0 saturated carbocycles. The summed E-state index contributed by atoms with van der Waals surface area (Å²) in [7, 11) is -0.157. The van der Waals surface area contributed by atoms with Gasteiger partial charge >= 0.3 is 0 Å². The predicted molar refractivity (Wildman–Crippen MR) is 98.9 cm³/mol. The summed E-state index contributed by atoms with van der Waals surface area (Å²) in [5.41, 5.74) is 8.27. The van der Waals surface area contributed by atoms with Gasteiger partial charge in [-0.3, -0.25) is 0 Å². The van der Waals surface area contributed by atoms with Gasteiger partial charge in [-0.25, -0.2) is 0 Å². The zero-order valence-corrected chi connectivity index (χ0v) is 14.1. The number of rotatable bonds is 4. The summed E-state index contributed by atoms with van der Waals surface area (Å²) in [6.45, 7) is 0. The maximum absolute atomic E-state index is 2.49. The highest BCUT2D eigenvalue weighted by Gasteiger charge is 2.16. The number of hydrogen-bond acceptors (Lipinski definition) is 0. The largest absolute Gasteiger partial charge is 0.104 e. The molecule has 0 bridgehead atoms. The molecule has 2 atom stereocenters. The molecule has 0 saturated heterocycles. The Morgan fingerprint density at radius 3 is 2.36 bits per heavy atom. The Morgan fingerprint density at radius 1 is 0.818 bits per heavy atom. The Bertz CT molecular complexity index is 767. The Labute approximate surface area is 134 Å². The molecule has 0 aromatic heterocycles. The van der Waals surface area contributed by atoms with Crippen LogP contribution in [0.5, 0.6) is 0 Å². The van der Waals surface area contributed by atoms with Gasteiger partial charge in [0.05, 0.1) is 0 Å². The molecule has 2 aromatic rings. The lowest BCUT2D eigenvalue weighted by atomic mass is 10.0. The fraction of sp³-hybridized carbons (Fsp3) is 0.143. The molecule has 0 radical (unpaired) electrons. The lowest BCUT2D eigenvalue weighted by Crippen LogP contribution is -1.97. The molecule has 0 nitrogen and oxygen atoms in total. The first-order valence-electron chi connectivity index (χ1n) is 8.13. The van der Waals surface area contributed by atoms with E-state index in [9.17, 15) is 0 Å². The first-order valence-corrected chi connectivity index (χ1v) is 9.94. The van der Waals surface area contributed by atoms with Crippen LogP contribution in [-0.2, 0) is 0 Å². The van der Waals surface area contributed by atoms with E-state index in [2.05, 4.69) is 84.6 Å². The van der Waals surface area contributed by atoms with Crippen molar-refractivity contribution in [3.05, 3.63) is 94.7 Å². The van der Waals surface area contributed by atoms with E-state index in [1.54, 1.807) is 0 Å². The van der Waals surface area contributed by atoms with Crippen LogP contribution in [0.1, 0.15) is 34.1 Å². The van der Waals surface area contributed by atoms with Gasteiger partial charge < -0.3 is 0 Å². The molecule has 2 unspecified atom stereocenters. The van der Waals surface area contributed by atoms with Crippen molar-refractivity contribution >= 4 is 21.7 Å². The minimum Gasteiger partial charge on any atom is -0.104 e. The normalized spacial score (nSPS) is 22.0. The first-order chi connectivity index (χ1) is 10.9. The molecule has 0 amide bonds. The van der Waals surface area contributed by atoms with E-state index in [4.69, 9.17) is 0 Å². The summed E-state index contributed by atoms with van der Waals surface area (Å²) < 4.78 is 0. The summed E-state index contributed by atoms with van der Waals surface area (Å²) in [6.07, 6.45) is 11.7. The van der Waals surface area contributed by atoms with Gasteiger partial charge in [0, 0.05) is 21.4 Å². The van der Waals surface area contributed by atoms with E-state index in [1.165, 1.54) is 28.3 Å². The third-order valence-electron chi connectivity index (χ3n) is 4.73. The second-order valence-electron chi connectivity index (χ2n) is 6.11. The average molecular weight is 300 g/mol. The highest BCUT2D eigenvalue weighted by Crippen LogP contribution is 2.33. The molecule has 0 spiro atoms. The molecular weight excluding hydrogens is 280 g/mol. The molecule has 2 aliphatic carbocycles. The highest BCUT2D eigenvalue weighted by atomic mass is 28.2. The SMILES string of the molecule is C(=CC1C=Cc2ccccc21)[SiH2]CC1C=Cc2ccccc21. The van der Waals surface area contributed by atoms with Gasteiger partial charge in [0.1, 0.15) is 0 Å². The Kier molecular flexibility index (Phi) is 3.65. The minimum absolute atomic E-state index is 0.157. The third-order valence-corrected chi connectivity index (χ3v) is 6.29. The van der Waals surface area contributed by atoms with E-state index < -0.39 is 0 Å². The van der Waals surface area contributed by atoms with Crippen LogP contribution >= 0.6 is 0 Å². The van der Waals surface area contributed by atoms with Gasteiger partial charge in [-0.05, 0) is 28.3 Å². The molecular formula is C21H20Si. The summed E-state index contributed by atoms with van der Waals surface area (Å²) in [5, 5.41) is 0. The fourth-order valence-corrected chi connectivity index (χ4v) is 5.08. The van der Waals surface area contributed by atoms with Crippen molar-refractivity contribution in [2.45, 2.75) is 17.9 Å². The molecule has 0 heterocycles. The quantitative estimate of drug-likeness (QED) is 0.717. The Hall–Kier alpha value is -2.12. The Balaban J connectivity index is 1.37.